The van der Waals surface area contributed by atoms with Crippen LogP contribution < -0.4 is 0 Å². The first kappa shape index (κ1) is 13.8. The van der Waals surface area contributed by atoms with Gasteiger partial charge < -0.3 is 14.1 Å². The van der Waals surface area contributed by atoms with E-state index in [2.05, 4.69) is 4.74 Å². The van der Waals surface area contributed by atoms with Gasteiger partial charge in [0.05, 0.1) is 18.7 Å². The van der Waals surface area contributed by atoms with E-state index >= 15 is 0 Å². The zero-order valence-electron chi connectivity index (χ0n) is 10.5. The second kappa shape index (κ2) is 5.87. The Morgan fingerprint density at radius 2 is 2.17 bits per heavy atom. The van der Waals surface area contributed by atoms with Gasteiger partial charge in [-0.2, -0.15) is 5.26 Å². The van der Waals surface area contributed by atoms with Gasteiger partial charge in [0.25, 0.3) is 5.91 Å². The van der Waals surface area contributed by atoms with Gasteiger partial charge in [0.15, 0.2) is 0 Å². The SMILES string of the molecule is COC(=O)CN(CC#N)C(=O)c1cc(C)oc1C. The summed E-state index contributed by atoms with van der Waals surface area (Å²) in [6, 6.07) is 3.42. The van der Waals surface area contributed by atoms with Crippen molar-refractivity contribution in [2.24, 2.45) is 0 Å². The lowest BCUT2D eigenvalue weighted by Crippen LogP contribution is -2.36. The molecule has 0 aliphatic heterocycles. The van der Waals surface area contributed by atoms with Crippen LogP contribution in [0.1, 0.15) is 21.9 Å². The Morgan fingerprint density at radius 3 is 2.61 bits per heavy atom. The van der Waals surface area contributed by atoms with Crippen molar-refractivity contribution in [3.8, 4) is 6.07 Å². The number of nitrogens with zero attached hydrogens (tertiary/aromatic N) is 2. The first-order valence-electron chi connectivity index (χ1n) is 5.29. The summed E-state index contributed by atoms with van der Waals surface area (Å²) >= 11 is 0. The highest BCUT2D eigenvalue weighted by Gasteiger charge is 2.22. The zero-order valence-corrected chi connectivity index (χ0v) is 10.5. The molecule has 6 heteroatoms. The third-order valence-corrected chi connectivity index (χ3v) is 2.37. The fourth-order valence-corrected chi connectivity index (χ4v) is 1.52. The fraction of sp³-hybridized carbons (Fsp3) is 0.417. The largest absolute Gasteiger partial charge is 0.468 e. The van der Waals surface area contributed by atoms with Gasteiger partial charge in [-0.25, -0.2) is 0 Å². The highest BCUT2D eigenvalue weighted by Crippen LogP contribution is 2.15. The van der Waals surface area contributed by atoms with E-state index < -0.39 is 11.9 Å². The van der Waals surface area contributed by atoms with E-state index in [1.807, 2.05) is 6.07 Å². The number of esters is 1. The van der Waals surface area contributed by atoms with E-state index in [1.165, 1.54) is 7.11 Å². The molecule has 1 amide bonds. The summed E-state index contributed by atoms with van der Waals surface area (Å²) in [6.07, 6.45) is 0. The first-order chi connectivity index (χ1) is 8.49. The van der Waals surface area contributed by atoms with Crippen LogP contribution in [0.3, 0.4) is 0 Å². The molecule has 0 saturated carbocycles. The van der Waals surface area contributed by atoms with Crippen LogP contribution >= 0.6 is 0 Å². The maximum atomic E-state index is 12.1. The minimum atomic E-state index is -0.573. The number of hydrogen-bond acceptors (Lipinski definition) is 5. The van der Waals surface area contributed by atoms with E-state index in [1.54, 1.807) is 19.9 Å². The van der Waals surface area contributed by atoms with Gasteiger partial charge in [-0.3, -0.25) is 9.59 Å². The number of aryl methyl sites for hydroxylation is 2. The highest BCUT2D eigenvalue weighted by molar-refractivity contribution is 5.97. The molecular formula is C12H14N2O4. The highest BCUT2D eigenvalue weighted by atomic mass is 16.5. The van der Waals surface area contributed by atoms with Crippen molar-refractivity contribution in [1.82, 2.24) is 4.90 Å². The summed E-state index contributed by atoms with van der Waals surface area (Å²) < 4.78 is 9.73. The van der Waals surface area contributed by atoms with Crippen LogP contribution in [0.15, 0.2) is 10.5 Å². The summed E-state index contributed by atoms with van der Waals surface area (Å²) in [5.41, 5.74) is 0.353. The Bertz CT molecular complexity index is 499. The number of amides is 1. The van der Waals surface area contributed by atoms with Gasteiger partial charge in [0, 0.05) is 0 Å². The number of rotatable bonds is 4. The van der Waals surface area contributed by atoms with E-state index in [9.17, 15) is 9.59 Å². The van der Waals surface area contributed by atoms with Crippen molar-refractivity contribution in [2.75, 3.05) is 20.2 Å². The topological polar surface area (TPSA) is 83.5 Å². The standard InChI is InChI=1S/C12H14N2O4/c1-8-6-10(9(2)18-8)12(16)14(5-4-13)7-11(15)17-3/h6H,5,7H2,1-3H3. The molecule has 6 nitrogen and oxygen atoms in total. The second-order valence-corrected chi connectivity index (χ2v) is 3.72. The van der Waals surface area contributed by atoms with Crippen molar-refractivity contribution in [2.45, 2.75) is 13.8 Å². The van der Waals surface area contributed by atoms with Crippen LogP contribution in [0.25, 0.3) is 0 Å². The van der Waals surface area contributed by atoms with Gasteiger partial charge in [-0.05, 0) is 19.9 Å². The molecule has 0 aliphatic carbocycles. The van der Waals surface area contributed by atoms with Gasteiger partial charge in [0.1, 0.15) is 24.6 Å². The molecule has 18 heavy (non-hydrogen) atoms. The number of hydrogen-bond donors (Lipinski definition) is 0. The van der Waals surface area contributed by atoms with E-state index in [-0.39, 0.29) is 13.1 Å². The molecule has 1 aromatic heterocycles. The maximum Gasteiger partial charge on any atom is 0.325 e. The first-order valence-corrected chi connectivity index (χ1v) is 5.29. The van der Waals surface area contributed by atoms with Crippen LogP contribution in [-0.2, 0) is 9.53 Å². The molecule has 0 N–H and O–H groups in total. The molecule has 1 aromatic rings. The van der Waals surface area contributed by atoms with Crippen LogP contribution in [-0.4, -0.2) is 37.0 Å². The molecule has 0 spiro atoms. The van der Waals surface area contributed by atoms with Gasteiger partial charge in [-0.15, -0.1) is 0 Å². The third kappa shape index (κ3) is 3.10. The lowest BCUT2D eigenvalue weighted by Gasteiger charge is -2.17. The van der Waals surface area contributed by atoms with Crippen LogP contribution in [0.5, 0.6) is 0 Å². The summed E-state index contributed by atoms with van der Waals surface area (Å²) in [5.74, 6) is 0.0731. The predicted molar refractivity (Wildman–Crippen MR) is 61.7 cm³/mol. The smallest absolute Gasteiger partial charge is 0.325 e. The average Bonchev–Trinajstić information content (AvgIpc) is 2.66. The van der Waals surface area contributed by atoms with Crippen molar-refractivity contribution in [1.29, 1.82) is 5.26 Å². The lowest BCUT2D eigenvalue weighted by molar-refractivity contribution is -0.141. The molecule has 0 bridgehead atoms. The molecule has 96 valence electrons. The lowest BCUT2D eigenvalue weighted by atomic mass is 10.2. The summed E-state index contributed by atoms with van der Waals surface area (Å²) in [7, 11) is 1.23. The fourth-order valence-electron chi connectivity index (χ4n) is 1.52. The van der Waals surface area contributed by atoms with E-state index in [0.29, 0.717) is 17.1 Å². The Kier molecular flexibility index (Phi) is 4.49. The number of carbonyl (C=O) groups excluding carboxylic acids is 2. The predicted octanol–water partition coefficient (Wildman–Crippen LogP) is 1.04. The quantitative estimate of drug-likeness (QED) is 0.588. The Labute approximate surface area is 105 Å². The minimum absolute atomic E-state index is 0.183. The average molecular weight is 250 g/mol. The molecule has 0 aromatic carbocycles. The van der Waals surface area contributed by atoms with E-state index in [0.717, 1.165) is 4.90 Å². The zero-order chi connectivity index (χ0) is 13.7. The maximum absolute atomic E-state index is 12.1. The third-order valence-electron chi connectivity index (χ3n) is 2.37. The van der Waals surface area contributed by atoms with Crippen LogP contribution in [0.4, 0.5) is 0 Å². The monoisotopic (exact) mass is 250 g/mol. The Balaban J connectivity index is 2.93. The number of furan rings is 1. The second-order valence-electron chi connectivity index (χ2n) is 3.72. The molecule has 1 rings (SSSR count). The van der Waals surface area contributed by atoms with E-state index in [4.69, 9.17) is 9.68 Å². The Hall–Kier alpha value is -2.29. The van der Waals surface area contributed by atoms with Crippen molar-refractivity contribution in [3.63, 3.8) is 0 Å². The number of carbonyl (C=O) groups is 2. The van der Waals surface area contributed by atoms with Crippen LogP contribution in [0, 0.1) is 25.2 Å². The van der Waals surface area contributed by atoms with Crippen molar-refractivity contribution >= 4 is 11.9 Å². The minimum Gasteiger partial charge on any atom is -0.468 e. The molecule has 0 radical (unpaired) electrons. The Morgan fingerprint density at radius 1 is 1.50 bits per heavy atom. The normalized spacial score (nSPS) is 9.67. The van der Waals surface area contributed by atoms with Gasteiger partial charge >= 0.3 is 5.97 Å². The number of ether oxygens (including phenoxy) is 1. The summed E-state index contributed by atoms with van der Waals surface area (Å²) in [4.78, 5) is 24.4. The molecule has 0 unspecified atom stereocenters. The summed E-state index contributed by atoms with van der Waals surface area (Å²) in [5, 5.41) is 8.67. The van der Waals surface area contributed by atoms with Crippen molar-refractivity contribution < 1.29 is 18.7 Å². The molecule has 0 atom stereocenters. The van der Waals surface area contributed by atoms with Crippen molar-refractivity contribution in [3.05, 3.63) is 23.2 Å². The molecule has 0 saturated heterocycles. The molecule has 0 fully saturated rings. The number of methoxy groups -OCH3 is 1. The van der Waals surface area contributed by atoms with Gasteiger partial charge in [0.2, 0.25) is 0 Å². The van der Waals surface area contributed by atoms with Gasteiger partial charge in [-0.1, -0.05) is 0 Å². The molecular weight excluding hydrogens is 236 g/mol. The summed E-state index contributed by atoms with van der Waals surface area (Å²) in [6.45, 7) is 2.94. The molecule has 1 heterocycles. The number of nitriles is 1. The molecule has 0 aliphatic rings. The van der Waals surface area contributed by atoms with Crippen LogP contribution in [0.2, 0.25) is 0 Å².